The van der Waals surface area contributed by atoms with E-state index in [0.29, 0.717) is 12.6 Å². The lowest BCUT2D eigenvalue weighted by Gasteiger charge is -2.36. The Labute approximate surface area is 87.6 Å². The predicted octanol–water partition coefficient (Wildman–Crippen LogP) is 1.08. The van der Waals surface area contributed by atoms with E-state index in [1.54, 1.807) is 0 Å². The van der Waals surface area contributed by atoms with Crippen LogP contribution in [0.1, 0.15) is 27.2 Å². The monoisotopic (exact) mass is 200 g/mol. The summed E-state index contributed by atoms with van der Waals surface area (Å²) in [6.45, 7) is 10.6. The van der Waals surface area contributed by atoms with Crippen molar-refractivity contribution >= 4 is 0 Å². The first-order chi connectivity index (χ1) is 6.61. The van der Waals surface area contributed by atoms with Gasteiger partial charge in [0, 0.05) is 19.6 Å². The van der Waals surface area contributed by atoms with Crippen LogP contribution in [0.25, 0.3) is 0 Å². The number of rotatable bonds is 4. The molecular weight excluding hydrogens is 176 g/mol. The third-order valence-electron chi connectivity index (χ3n) is 2.69. The Kier molecular flexibility index (Phi) is 4.85. The van der Waals surface area contributed by atoms with Crippen molar-refractivity contribution in [1.82, 2.24) is 4.90 Å². The van der Waals surface area contributed by atoms with E-state index in [9.17, 15) is 0 Å². The van der Waals surface area contributed by atoms with Gasteiger partial charge in [-0.1, -0.05) is 13.8 Å². The van der Waals surface area contributed by atoms with E-state index in [1.165, 1.54) is 13.0 Å². The highest BCUT2D eigenvalue weighted by Gasteiger charge is 2.23. The maximum atomic E-state index is 5.71. The van der Waals surface area contributed by atoms with Crippen LogP contribution >= 0.6 is 0 Å². The van der Waals surface area contributed by atoms with Crippen LogP contribution < -0.4 is 5.73 Å². The molecule has 0 aromatic heterocycles. The Balaban J connectivity index is 2.30. The summed E-state index contributed by atoms with van der Waals surface area (Å²) in [5.41, 5.74) is 5.63. The van der Waals surface area contributed by atoms with Crippen LogP contribution in [0.3, 0.4) is 0 Å². The molecule has 2 atom stereocenters. The molecule has 3 heteroatoms. The van der Waals surface area contributed by atoms with Crippen molar-refractivity contribution in [3.63, 3.8) is 0 Å². The average molecular weight is 200 g/mol. The van der Waals surface area contributed by atoms with Crippen LogP contribution in [-0.4, -0.2) is 43.3 Å². The van der Waals surface area contributed by atoms with E-state index in [2.05, 4.69) is 25.7 Å². The van der Waals surface area contributed by atoms with Crippen molar-refractivity contribution in [3.8, 4) is 0 Å². The molecule has 0 aliphatic carbocycles. The Morgan fingerprint density at radius 1 is 1.43 bits per heavy atom. The molecule has 0 radical (unpaired) electrons. The molecule has 0 aromatic carbocycles. The van der Waals surface area contributed by atoms with Crippen LogP contribution in [0.4, 0.5) is 0 Å². The van der Waals surface area contributed by atoms with Crippen LogP contribution in [-0.2, 0) is 4.74 Å². The molecular formula is C11H24N2O. The molecule has 1 fully saturated rings. The smallest absolute Gasteiger partial charge is 0.0828 e. The summed E-state index contributed by atoms with van der Waals surface area (Å²) < 4.78 is 5.71. The van der Waals surface area contributed by atoms with Crippen LogP contribution in [0.5, 0.6) is 0 Å². The zero-order valence-corrected chi connectivity index (χ0v) is 9.70. The Morgan fingerprint density at radius 2 is 2.14 bits per heavy atom. The molecule has 3 nitrogen and oxygen atoms in total. The topological polar surface area (TPSA) is 38.5 Å². The lowest BCUT2D eigenvalue weighted by Crippen LogP contribution is -2.49. The second kappa shape index (κ2) is 5.69. The maximum Gasteiger partial charge on any atom is 0.0828 e. The van der Waals surface area contributed by atoms with Crippen LogP contribution in [0, 0.1) is 5.92 Å². The van der Waals surface area contributed by atoms with Crippen LogP contribution in [0.15, 0.2) is 0 Å². The first-order valence-corrected chi connectivity index (χ1v) is 5.69. The zero-order valence-electron chi connectivity index (χ0n) is 9.70. The van der Waals surface area contributed by atoms with E-state index in [4.69, 9.17) is 10.5 Å². The minimum absolute atomic E-state index is 0.242. The Hall–Kier alpha value is -0.120. The van der Waals surface area contributed by atoms with E-state index < -0.39 is 0 Å². The molecule has 0 aromatic rings. The Bertz CT molecular complexity index is 161. The van der Waals surface area contributed by atoms with Gasteiger partial charge >= 0.3 is 0 Å². The van der Waals surface area contributed by atoms with Crippen molar-refractivity contribution in [1.29, 1.82) is 0 Å². The fourth-order valence-corrected chi connectivity index (χ4v) is 1.89. The minimum atomic E-state index is 0.242. The van der Waals surface area contributed by atoms with Gasteiger partial charge in [-0.2, -0.15) is 0 Å². The molecule has 1 saturated heterocycles. The van der Waals surface area contributed by atoms with E-state index >= 15 is 0 Å². The third-order valence-corrected chi connectivity index (χ3v) is 2.69. The summed E-state index contributed by atoms with van der Waals surface area (Å²) in [4.78, 5) is 2.48. The number of ether oxygens (including phenoxy) is 1. The number of hydrogen-bond acceptors (Lipinski definition) is 3. The minimum Gasteiger partial charge on any atom is -0.371 e. The molecule has 2 N–H and O–H groups in total. The average Bonchev–Trinajstić information content (AvgIpc) is 2.14. The lowest BCUT2D eigenvalue weighted by molar-refractivity contribution is -0.0727. The van der Waals surface area contributed by atoms with Crippen molar-refractivity contribution < 1.29 is 4.74 Å². The SMILES string of the molecule is CC(C)CCN1CC(C)OC(CN)C1. The van der Waals surface area contributed by atoms with Gasteiger partial charge in [-0.25, -0.2) is 0 Å². The zero-order chi connectivity index (χ0) is 10.6. The van der Waals surface area contributed by atoms with Gasteiger partial charge in [-0.3, -0.25) is 4.90 Å². The highest BCUT2D eigenvalue weighted by molar-refractivity contribution is 4.76. The van der Waals surface area contributed by atoms with E-state index in [-0.39, 0.29) is 6.10 Å². The molecule has 2 unspecified atom stereocenters. The molecule has 1 aliphatic rings. The number of nitrogens with zero attached hydrogens (tertiary/aromatic N) is 1. The largest absolute Gasteiger partial charge is 0.371 e. The van der Waals surface area contributed by atoms with Crippen LogP contribution in [0.2, 0.25) is 0 Å². The highest BCUT2D eigenvalue weighted by atomic mass is 16.5. The maximum absolute atomic E-state index is 5.71. The quantitative estimate of drug-likeness (QED) is 0.738. The first-order valence-electron chi connectivity index (χ1n) is 5.69. The lowest BCUT2D eigenvalue weighted by atomic mass is 10.1. The fourth-order valence-electron chi connectivity index (χ4n) is 1.89. The molecule has 1 rings (SSSR count). The van der Waals surface area contributed by atoms with Gasteiger partial charge in [0.25, 0.3) is 0 Å². The highest BCUT2D eigenvalue weighted by Crippen LogP contribution is 2.12. The molecule has 0 spiro atoms. The normalized spacial score (nSPS) is 29.8. The second-order valence-corrected chi connectivity index (χ2v) is 4.75. The van der Waals surface area contributed by atoms with Gasteiger partial charge in [0.1, 0.15) is 0 Å². The summed E-state index contributed by atoms with van der Waals surface area (Å²) >= 11 is 0. The van der Waals surface area contributed by atoms with Gasteiger partial charge in [-0.05, 0) is 25.8 Å². The third kappa shape index (κ3) is 3.95. The van der Waals surface area contributed by atoms with Crippen molar-refractivity contribution in [2.24, 2.45) is 11.7 Å². The summed E-state index contributed by atoms with van der Waals surface area (Å²) in [7, 11) is 0. The van der Waals surface area contributed by atoms with E-state index in [0.717, 1.165) is 19.0 Å². The number of morpholine rings is 1. The molecule has 0 saturated carbocycles. The summed E-state index contributed by atoms with van der Waals surface area (Å²) in [5, 5.41) is 0. The standard InChI is InChI=1S/C11H24N2O/c1-9(2)4-5-13-7-10(3)14-11(6-12)8-13/h9-11H,4-8,12H2,1-3H3. The van der Waals surface area contributed by atoms with Gasteiger partial charge < -0.3 is 10.5 Å². The molecule has 14 heavy (non-hydrogen) atoms. The summed E-state index contributed by atoms with van der Waals surface area (Å²) in [6.07, 6.45) is 1.85. The van der Waals surface area contributed by atoms with E-state index in [1.807, 2.05) is 0 Å². The van der Waals surface area contributed by atoms with Gasteiger partial charge in [-0.15, -0.1) is 0 Å². The fraction of sp³-hybridized carbons (Fsp3) is 1.00. The molecule has 0 amide bonds. The summed E-state index contributed by atoms with van der Waals surface area (Å²) in [5.74, 6) is 0.782. The molecule has 0 bridgehead atoms. The number of nitrogens with two attached hydrogens (primary N) is 1. The Morgan fingerprint density at radius 3 is 2.71 bits per heavy atom. The van der Waals surface area contributed by atoms with Crippen molar-refractivity contribution in [2.45, 2.75) is 39.4 Å². The van der Waals surface area contributed by atoms with Gasteiger partial charge in [0.05, 0.1) is 12.2 Å². The molecule has 1 aliphatic heterocycles. The number of hydrogen-bond donors (Lipinski definition) is 1. The van der Waals surface area contributed by atoms with Gasteiger partial charge in [0.15, 0.2) is 0 Å². The first kappa shape index (κ1) is 12.0. The predicted molar refractivity (Wildman–Crippen MR) is 59.3 cm³/mol. The van der Waals surface area contributed by atoms with Crippen molar-refractivity contribution in [3.05, 3.63) is 0 Å². The van der Waals surface area contributed by atoms with Gasteiger partial charge in [0.2, 0.25) is 0 Å². The summed E-state index contributed by atoms with van der Waals surface area (Å²) in [6, 6.07) is 0. The second-order valence-electron chi connectivity index (χ2n) is 4.75. The molecule has 84 valence electrons. The van der Waals surface area contributed by atoms with Crippen molar-refractivity contribution in [2.75, 3.05) is 26.2 Å². The molecule has 1 heterocycles.